The molecule has 0 spiro atoms. The van der Waals surface area contributed by atoms with Crippen LogP contribution in [0.4, 0.5) is 15.8 Å². The van der Waals surface area contributed by atoms with Crippen LogP contribution in [0.5, 0.6) is 5.75 Å². The molecular weight excluding hydrogens is 361 g/mol. The average Bonchev–Trinajstić information content (AvgIpc) is 2.97. The maximum Gasteiger partial charge on any atom is 0.272 e. The number of hydrogen-bond acceptors (Lipinski definition) is 4. The predicted octanol–water partition coefficient (Wildman–Crippen LogP) is 2.94. The van der Waals surface area contributed by atoms with Crippen molar-refractivity contribution in [1.29, 1.82) is 0 Å². The number of carbonyl (C=O) groups is 1. The van der Waals surface area contributed by atoms with E-state index in [1.165, 1.54) is 37.4 Å². The van der Waals surface area contributed by atoms with Gasteiger partial charge in [0, 0.05) is 16.6 Å². The molecule has 136 valence electrons. The first-order valence-corrected chi connectivity index (χ1v) is 9.40. The summed E-state index contributed by atoms with van der Waals surface area (Å²) >= 11 is 0. The Balaban J connectivity index is 1.87. The minimum atomic E-state index is -3.51. The lowest BCUT2D eigenvalue weighted by Gasteiger charge is -2.12. The van der Waals surface area contributed by atoms with Crippen LogP contribution in [0.25, 0.3) is 10.9 Å². The third kappa shape index (κ3) is 3.94. The van der Waals surface area contributed by atoms with Crippen LogP contribution in [0.3, 0.4) is 0 Å². The number of methoxy groups -OCH3 is 1. The maximum absolute atomic E-state index is 13.3. The number of anilines is 2. The summed E-state index contributed by atoms with van der Waals surface area (Å²) in [4.78, 5) is 15.3. The molecule has 0 atom stereocenters. The van der Waals surface area contributed by atoms with Crippen LogP contribution < -0.4 is 14.8 Å². The first kappa shape index (κ1) is 17.7. The molecule has 7 nitrogen and oxygen atoms in total. The standard InChI is InChI=1S/C17H16FN3O4S/c1-25-16-6-4-12(9-14(16)21-26(2,23)24)19-17(22)15-8-10-7-11(18)3-5-13(10)20-15/h3-9,20-21H,1-2H3,(H,19,22). The summed E-state index contributed by atoms with van der Waals surface area (Å²) in [5, 5.41) is 3.23. The minimum absolute atomic E-state index is 0.200. The molecule has 0 fully saturated rings. The summed E-state index contributed by atoms with van der Waals surface area (Å²) in [7, 11) is -2.11. The number of sulfonamides is 1. The van der Waals surface area contributed by atoms with Gasteiger partial charge < -0.3 is 15.0 Å². The molecule has 0 bridgehead atoms. The van der Waals surface area contributed by atoms with Crippen LogP contribution in [0.1, 0.15) is 10.5 Å². The van der Waals surface area contributed by atoms with Gasteiger partial charge in [0.25, 0.3) is 5.91 Å². The molecule has 26 heavy (non-hydrogen) atoms. The summed E-state index contributed by atoms with van der Waals surface area (Å²) < 4.78 is 43.6. The number of halogens is 1. The van der Waals surface area contributed by atoms with Gasteiger partial charge in [0.15, 0.2) is 0 Å². The number of amides is 1. The van der Waals surface area contributed by atoms with E-state index in [2.05, 4.69) is 15.0 Å². The molecule has 3 N–H and O–H groups in total. The van der Waals surface area contributed by atoms with Crippen LogP contribution >= 0.6 is 0 Å². The molecule has 0 aliphatic carbocycles. The lowest BCUT2D eigenvalue weighted by molar-refractivity contribution is 0.102. The number of aromatic amines is 1. The fraction of sp³-hybridized carbons (Fsp3) is 0.118. The van der Waals surface area contributed by atoms with Gasteiger partial charge in [-0.2, -0.15) is 0 Å². The Morgan fingerprint density at radius 3 is 2.62 bits per heavy atom. The molecule has 3 rings (SSSR count). The smallest absolute Gasteiger partial charge is 0.272 e. The SMILES string of the molecule is COc1ccc(NC(=O)c2cc3cc(F)ccc3[nH]2)cc1NS(C)(=O)=O. The van der Waals surface area contributed by atoms with Crippen LogP contribution in [0.15, 0.2) is 42.5 Å². The molecule has 2 aromatic carbocycles. The van der Waals surface area contributed by atoms with E-state index in [0.29, 0.717) is 22.3 Å². The third-order valence-corrected chi connectivity index (χ3v) is 4.17. The van der Waals surface area contributed by atoms with Crippen molar-refractivity contribution in [3.8, 4) is 5.75 Å². The highest BCUT2D eigenvalue weighted by Gasteiger charge is 2.13. The quantitative estimate of drug-likeness (QED) is 0.636. The molecule has 0 saturated heterocycles. The summed E-state index contributed by atoms with van der Waals surface area (Å²) in [6, 6.07) is 10.3. The molecule has 1 heterocycles. The van der Waals surface area contributed by atoms with Crippen LogP contribution in [0, 0.1) is 5.82 Å². The molecule has 0 saturated carbocycles. The topological polar surface area (TPSA) is 100 Å². The number of hydrogen-bond donors (Lipinski definition) is 3. The molecule has 0 aliphatic rings. The highest BCUT2D eigenvalue weighted by Crippen LogP contribution is 2.29. The summed E-state index contributed by atoms with van der Waals surface area (Å²) in [6.45, 7) is 0. The molecular formula is C17H16FN3O4S. The number of H-pyrrole nitrogens is 1. The second-order valence-electron chi connectivity index (χ2n) is 5.66. The highest BCUT2D eigenvalue weighted by atomic mass is 32.2. The van der Waals surface area contributed by atoms with Gasteiger partial charge in [0.2, 0.25) is 10.0 Å². The Hall–Kier alpha value is -3.07. The lowest BCUT2D eigenvalue weighted by Crippen LogP contribution is -2.14. The van der Waals surface area contributed by atoms with Crippen molar-refractivity contribution >= 4 is 38.2 Å². The van der Waals surface area contributed by atoms with E-state index in [9.17, 15) is 17.6 Å². The van der Waals surface area contributed by atoms with Crippen molar-refractivity contribution in [2.45, 2.75) is 0 Å². The van der Waals surface area contributed by atoms with Crippen molar-refractivity contribution in [3.05, 3.63) is 54.0 Å². The van der Waals surface area contributed by atoms with Crippen LogP contribution in [0.2, 0.25) is 0 Å². The minimum Gasteiger partial charge on any atom is -0.495 e. The molecule has 0 unspecified atom stereocenters. The fourth-order valence-corrected chi connectivity index (χ4v) is 3.05. The first-order valence-electron chi connectivity index (χ1n) is 7.50. The predicted molar refractivity (Wildman–Crippen MR) is 97.7 cm³/mol. The molecule has 1 amide bonds. The number of fused-ring (bicyclic) bond motifs is 1. The van der Waals surface area contributed by atoms with E-state index >= 15 is 0 Å². The van der Waals surface area contributed by atoms with Crippen LogP contribution in [-0.2, 0) is 10.0 Å². The average molecular weight is 377 g/mol. The Morgan fingerprint density at radius 1 is 1.15 bits per heavy atom. The normalized spacial score (nSPS) is 11.3. The Labute approximate surface area is 149 Å². The van der Waals surface area contributed by atoms with E-state index in [-0.39, 0.29) is 11.4 Å². The summed E-state index contributed by atoms with van der Waals surface area (Å²) in [5.41, 5.74) is 1.45. The Morgan fingerprint density at radius 2 is 1.92 bits per heavy atom. The zero-order chi connectivity index (χ0) is 18.9. The van der Waals surface area contributed by atoms with Gasteiger partial charge in [0.1, 0.15) is 17.3 Å². The Kier molecular flexibility index (Phi) is 4.56. The number of nitrogens with one attached hydrogen (secondary N) is 3. The van der Waals surface area contributed by atoms with Crippen molar-refractivity contribution in [3.63, 3.8) is 0 Å². The number of ether oxygens (including phenoxy) is 1. The number of aromatic nitrogens is 1. The van der Waals surface area contributed by atoms with Crippen LogP contribution in [-0.4, -0.2) is 32.7 Å². The molecule has 9 heteroatoms. The molecule has 0 aliphatic heterocycles. The number of benzene rings is 2. The van der Waals surface area contributed by atoms with Gasteiger partial charge >= 0.3 is 0 Å². The van der Waals surface area contributed by atoms with Gasteiger partial charge in [-0.25, -0.2) is 12.8 Å². The second kappa shape index (κ2) is 6.68. The van der Waals surface area contributed by atoms with E-state index in [0.717, 1.165) is 6.26 Å². The second-order valence-corrected chi connectivity index (χ2v) is 7.41. The van der Waals surface area contributed by atoms with E-state index in [1.54, 1.807) is 12.1 Å². The van der Waals surface area contributed by atoms with Gasteiger partial charge in [-0.15, -0.1) is 0 Å². The highest BCUT2D eigenvalue weighted by molar-refractivity contribution is 7.92. The molecule has 1 aromatic heterocycles. The summed E-state index contributed by atoms with van der Waals surface area (Å²) in [6.07, 6.45) is 1.02. The zero-order valence-electron chi connectivity index (χ0n) is 14.0. The maximum atomic E-state index is 13.3. The molecule has 0 radical (unpaired) electrons. The first-order chi connectivity index (χ1) is 12.2. The third-order valence-electron chi connectivity index (χ3n) is 3.58. The monoisotopic (exact) mass is 377 g/mol. The summed E-state index contributed by atoms with van der Waals surface area (Å²) in [5.74, 6) is -0.526. The van der Waals surface area contributed by atoms with Gasteiger partial charge in [-0.1, -0.05) is 0 Å². The van der Waals surface area contributed by atoms with Crippen molar-refractivity contribution in [2.24, 2.45) is 0 Å². The number of rotatable bonds is 5. The van der Waals surface area contributed by atoms with Crippen molar-refractivity contribution in [1.82, 2.24) is 4.98 Å². The van der Waals surface area contributed by atoms with Crippen molar-refractivity contribution < 1.29 is 22.3 Å². The van der Waals surface area contributed by atoms with Crippen molar-refractivity contribution in [2.75, 3.05) is 23.4 Å². The van der Waals surface area contributed by atoms with E-state index in [4.69, 9.17) is 4.74 Å². The number of carbonyl (C=O) groups excluding carboxylic acids is 1. The van der Waals surface area contributed by atoms with E-state index in [1.807, 2.05) is 0 Å². The van der Waals surface area contributed by atoms with Gasteiger partial charge in [-0.05, 0) is 42.5 Å². The lowest BCUT2D eigenvalue weighted by atomic mass is 10.2. The molecule has 3 aromatic rings. The Bertz CT molecular complexity index is 1090. The zero-order valence-corrected chi connectivity index (χ0v) is 14.8. The van der Waals surface area contributed by atoms with Gasteiger partial charge in [-0.3, -0.25) is 9.52 Å². The fourth-order valence-electron chi connectivity index (χ4n) is 2.49. The van der Waals surface area contributed by atoms with Gasteiger partial charge in [0.05, 0.1) is 19.1 Å². The largest absolute Gasteiger partial charge is 0.495 e. The van der Waals surface area contributed by atoms with E-state index < -0.39 is 21.7 Å².